The van der Waals surface area contributed by atoms with Crippen LogP contribution in [0.4, 0.5) is 4.79 Å². The van der Waals surface area contributed by atoms with Crippen molar-refractivity contribution in [3.8, 4) is 0 Å². The van der Waals surface area contributed by atoms with Gasteiger partial charge in [-0.3, -0.25) is 4.90 Å². The van der Waals surface area contributed by atoms with Gasteiger partial charge in [-0.05, 0) is 41.8 Å². The van der Waals surface area contributed by atoms with Crippen LogP contribution in [0.15, 0.2) is 48.5 Å². The molecule has 0 radical (unpaired) electrons. The summed E-state index contributed by atoms with van der Waals surface area (Å²) in [6.07, 6.45) is 0.758. The first-order chi connectivity index (χ1) is 14.1. The van der Waals surface area contributed by atoms with E-state index in [1.165, 1.54) is 11.1 Å². The average Bonchev–Trinajstić information content (AvgIpc) is 2.74. The fraction of sp³-hybridized carbons (Fsp3) is 0.435. The lowest BCUT2D eigenvalue weighted by atomic mass is 10.1. The van der Waals surface area contributed by atoms with Gasteiger partial charge in [-0.25, -0.2) is 4.79 Å². The van der Waals surface area contributed by atoms with Crippen molar-refractivity contribution in [1.82, 2.24) is 20.4 Å². The van der Waals surface area contributed by atoms with Gasteiger partial charge >= 0.3 is 6.03 Å². The maximum Gasteiger partial charge on any atom is 0.315 e. The molecule has 1 aliphatic rings. The smallest absolute Gasteiger partial charge is 0.315 e. The Labute approximate surface area is 179 Å². The quantitative estimate of drug-likeness (QED) is 0.694. The third-order valence-electron chi connectivity index (χ3n) is 5.45. The molecule has 0 atom stereocenters. The number of likely N-dealkylation sites (N-methyl/N-ethyl adjacent to an activating group) is 1. The van der Waals surface area contributed by atoms with E-state index in [4.69, 9.17) is 11.6 Å². The van der Waals surface area contributed by atoms with Gasteiger partial charge < -0.3 is 15.5 Å². The van der Waals surface area contributed by atoms with Crippen LogP contribution in [0, 0.1) is 0 Å². The molecular weight excluding hydrogens is 384 g/mol. The zero-order chi connectivity index (χ0) is 20.5. The van der Waals surface area contributed by atoms with Crippen molar-refractivity contribution >= 4 is 17.6 Å². The van der Waals surface area contributed by atoms with Crippen LogP contribution in [0.2, 0.25) is 5.02 Å². The van der Waals surface area contributed by atoms with Crippen LogP contribution in [0.1, 0.15) is 23.6 Å². The van der Waals surface area contributed by atoms with E-state index in [1.54, 1.807) is 0 Å². The van der Waals surface area contributed by atoms with Crippen LogP contribution in [0.3, 0.4) is 0 Å². The van der Waals surface area contributed by atoms with Crippen molar-refractivity contribution in [3.05, 3.63) is 70.2 Å². The minimum atomic E-state index is -0.140. The molecule has 1 saturated heterocycles. The second-order valence-corrected chi connectivity index (χ2v) is 7.90. The van der Waals surface area contributed by atoms with E-state index in [0.29, 0.717) is 13.1 Å². The second kappa shape index (κ2) is 11.2. The van der Waals surface area contributed by atoms with Crippen molar-refractivity contribution in [2.24, 2.45) is 0 Å². The summed E-state index contributed by atoms with van der Waals surface area (Å²) in [4.78, 5) is 17.2. The van der Waals surface area contributed by atoms with Gasteiger partial charge in [0.2, 0.25) is 0 Å². The van der Waals surface area contributed by atoms with E-state index in [-0.39, 0.29) is 6.03 Å². The molecule has 3 rings (SSSR count). The molecule has 5 nitrogen and oxygen atoms in total. The molecule has 2 amide bonds. The van der Waals surface area contributed by atoms with Crippen molar-refractivity contribution in [1.29, 1.82) is 0 Å². The molecule has 1 aliphatic heterocycles. The van der Waals surface area contributed by atoms with E-state index in [9.17, 15) is 4.79 Å². The zero-order valence-electron chi connectivity index (χ0n) is 17.2. The Bertz CT molecular complexity index is 790. The summed E-state index contributed by atoms with van der Waals surface area (Å²) in [6.45, 7) is 9.85. The Kier molecular flexibility index (Phi) is 8.35. The van der Waals surface area contributed by atoms with Crippen molar-refractivity contribution in [2.75, 3.05) is 39.3 Å². The van der Waals surface area contributed by atoms with Crippen LogP contribution in [0.5, 0.6) is 0 Å². The molecular formula is C23H31ClN4O. The molecule has 0 spiro atoms. The Hall–Kier alpha value is -2.08. The highest BCUT2D eigenvalue weighted by Gasteiger charge is 2.16. The van der Waals surface area contributed by atoms with Crippen molar-refractivity contribution in [2.45, 2.75) is 26.4 Å². The van der Waals surface area contributed by atoms with E-state index in [2.05, 4.69) is 45.6 Å². The number of benzene rings is 2. The normalized spacial score (nSPS) is 15.2. The Morgan fingerprint density at radius 3 is 2.41 bits per heavy atom. The summed E-state index contributed by atoms with van der Waals surface area (Å²) >= 11 is 6.00. The number of hydrogen-bond donors (Lipinski definition) is 2. The van der Waals surface area contributed by atoms with Crippen molar-refractivity contribution in [3.63, 3.8) is 0 Å². The molecule has 2 aromatic rings. The van der Waals surface area contributed by atoms with E-state index < -0.39 is 0 Å². The fourth-order valence-electron chi connectivity index (χ4n) is 3.64. The lowest BCUT2D eigenvalue weighted by Crippen LogP contribution is -2.45. The largest absolute Gasteiger partial charge is 0.338 e. The van der Waals surface area contributed by atoms with Crippen LogP contribution >= 0.6 is 11.6 Å². The highest BCUT2D eigenvalue weighted by molar-refractivity contribution is 6.30. The highest BCUT2D eigenvalue weighted by atomic mass is 35.5. The number of nitrogens with zero attached hydrogens (tertiary/aromatic N) is 2. The molecule has 2 N–H and O–H groups in total. The maximum absolute atomic E-state index is 12.2. The minimum Gasteiger partial charge on any atom is -0.338 e. The number of rotatable bonds is 8. The number of hydrogen-bond acceptors (Lipinski definition) is 3. The number of halogens is 1. The first-order valence-electron chi connectivity index (χ1n) is 10.4. The van der Waals surface area contributed by atoms with E-state index in [0.717, 1.165) is 56.3 Å². The Morgan fingerprint density at radius 1 is 0.966 bits per heavy atom. The fourth-order valence-corrected chi connectivity index (χ4v) is 3.85. The molecule has 156 valence electrons. The molecule has 1 fully saturated rings. The number of piperazine rings is 1. The lowest BCUT2D eigenvalue weighted by molar-refractivity contribution is 0.131. The molecule has 6 heteroatoms. The summed E-state index contributed by atoms with van der Waals surface area (Å²) in [6, 6.07) is 16.0. The van der Waals surface area contributed by atoms with Crippen LogP contribution in [-0.2, 0) is 19.5 Å². The number of carbonyl (C=O) groups excluding carboxylic acids is 1. The van der Waals surface area contributed by atoms with Gasteiger partial charge in [0.1, 0.15) is 0 Å². The molecule has 0 unspecified atom stereocenters. The standard InChI is InChI=1S/C23H31ClN4O/c1-2-27-12-14-28(15-13-27)18-21-8-4-3-7-20(21)17-26-23(29)25-11-10-19-6-5-9-22(24)16-19/h3-9,16H,2,10-15,17-18H2,1H3,(H2,25,26,29). The van der Waals surface area contributed by atoms with E-state index >= 15 is 0 Å². The summed E-state index contributed by atoms with van der Waals surface area (Å²) in [5, 5.41) is 6.63. The first-order valence-corrected chi connectivity index (χ1v) is 10.8. The summed E-state index contributed by atoms with van der Waals surface area (Å²) < 4.78 is 0. The van der Waals surface area contributed by atoms with Gasteiger partial charge in [0.15, 0.2) is 0 Å². The van der Waals surface area contributed by atoms with Crippen LogP contribution < -0.4 is 10.6 Å². The number of urea groups is 1. The SMILES string of the molecule is CCN1CCN(Cc2ccccc2CNC(=O)NCCc2cccc(Cl)c2)CC1. The third kappa shape index (κ3) is 7.03. The molecule has 2 aromatic carbocycles. The maximum atomic E-state index is 12.2. The third-order valence-corrected chi connectivity index (χ3v) is 5.69. The second-order valence-electron chi connectivity index (χ2n) is 7.47. The van der Waals surface area contributed by atoms with Gasteiger partial charge in [-0.2, -0.15) is 0 Å². The van der Waals surface area contributed by atoms with Gasteiger partial charge in [-0.1, -0.05) is 54.9 Å². The predicted molar refractivity (Wildman–Crippen MR) is 119 cm³/mol. The topological polar surface area (TPSA) is 47.6 Å². The summed E-state index contributed by atoms with van der Waals surface area (Å²) in [5.41, 5.74) is 3.58. The summed E-state index contributed by atoms with van der Waals surface area (Å²) in [7, 11) is 0. The average molecular weight is 415 g/mol. The molecule has 0 saturated carbocycles. The van der Waals surface area contributed by atoms with Gasteiger partial charge in [-0.15, -0.1) is 0 Å². The Morgan fingerprint density at radius 2 is 1.69 bits per heavy atom. The highest BCUT2D eigenvalue weighted by Crippen LogP contribution is 2.14. The lowest BCUT2D eigenvalue weighted by Gasteiger charge is -2.34. The minimum absolute atomic E-state index is 0.140. The molecule has 29 heavy (non-hydrogen) atoms. The van der Waals surface area contributed by atoms with Gasteiger partial charge in [0.25, 0.3) is 0 Å². The molecule has 0 aliphatic carbocycles. The monoisotopic (exact) mass is 414 g/mol. The van der Waals surface area contributed by atoms with E-state index in [1.807, 2.05) is 30.3 Å². The number of nitrogens with one attached hydrogen (secondary N) is 2. The number of amides is 2. The van der Waals surface area contributed by atoms with Gasteiger partial charge in [0, 0.05) is 50.8 Å². The summed E-state index contributed by atoms with van der Waals surface area (Å²) in [5.74, 6) is 0. The van der Waals surface area contributed by atoms with Gasteiger partial charge in [0.05, 0.1) is 0 Å². The molecule has 1 heterocycles. The molecule has 0 aromatic heterocycles. The van der Waals surface area contributed by atoms with Crippen LogP contribution in [0.25, 0.3) is 0 Å². The first kappa shape index (κ1) is 21.6. The predicted octanol–water partition coefficient (Wildman–Crippen LogP) is 3.52. The van der Waals surface area contributed by atoms with Crippen LogP contribution in [-0.4, -0.2) is 55.1 Å². The molecule has 0 bridgehead atoms. The van der Waals surface area contributed by atoms with Crippen molar-refractivity contribution < 1.29 is 4.79 Å². The number of carbonyl (C=O) groups is 1. The Balaban J connectivity index is 1.43. The zero-order valence-corrected chi connectivity index (χ0v) is 17.9.